The van der Waals surface area contributed by atoms with Gasteiger partial charge in [-0.1, -0.05) is 43.7 Å². The molecular formula is C34H45N3O5. The van der Waals surface area contributed by atoms with E-state index in [4.69, 9.17) is 4.74 Å². The second-order valence-electron chi connectivity index (χ2n) is 12.8. The molecule has 3 fully saturated rings. The molecule has 0 spiro atoms. The molecule has 2 aromatic rings. The molecule has 8 heteroatoms. The minimum Gasteiger partial charge on any atom is -0.491 e. The van der Waals surface area contributed by atoms with Crippen LogP contribution in [0.1, 0.15) is 81.6 Å². The normalized spacial score (nSPS) is 23.6. The number of carbonyl (C=O) groups is 3. The fourth-order valence-corrected chi connectivity index (χ4v) is 6.91. The fourth-order valence-electron chi connectivity index (χ4n) is 6.91. The van der Waals surface area contributed by atoms with Crippen molar-refractivity contribution in [1.29, 1.82) is 0 Å². The number of amides is 3. The Bertz CT molecular complexity index is 1270. The summed E-state index contributed by atoms with van der Waals surface area (Å²) >= 11 is 0. The molecule has 3 N–H and O–H groups in total. The quantitative estimate of drug-likeness (QED) is 0.342. The lowest BCUT2D eigenvalue weighted by Crippen LogP contribution is -2.47. The summed E-state index contributed by atoms with van der Waals surface area (Å²) in [6, 6.07) is 14.5. The first-order valence-corrected chi connectivity index (χ1v) is 15.6. The number of rotatable bonds is 12. The van der Waals surface area contributed by atoms with E-state index in [-0.39, 0.29) is 36.3 Å². The van der Waals surface area contributed by atoms with E-state index >= 15 is 0 Å². The monoisotopic (exact) mass is 575 g/mol. The van der Waals surface area contributed by atoms with E-state index in [2.05, 4.69) is 10.6 Å². The van der Waals surface area contributed by atoms with E-state index in [9.17, 15) is 19.5 Å². The van der Waals surface area contributed by atoms with Crippen LogP contribution in [0.3, 0.4) is 0 Å². The molecule has 42 heavy (non-hydrogen) atoms. The van der Waals surface area contributed by atoms with Crippen LogP contribution in [0.25, 0.3) is 0 Å². The minimum absolute atomic E-state index is 0.0260. The number of aliphatic hydroxyl groups is 1. The van der Waals surface area contributed by atoms with Crippen LogP contribution < -0.4 is 20.3 Å². The standard InChI is InChI=1S/C34H45N3O5/c1-21(2)42-28-19-26(18-27(20-28)37-13-7-10-32(37)39)34(41)36-30(16-23-8-5-4-6-9-23)31(38)14-22(3)33(40)35-29-17-24-11-12-25(29)15-24/h4-6,8-9,18-22,24-25,29-31,38H,7,10-17H2,1-3H3,(H,35,40)(H,36,41). The second-order valence-corrected chi connectivity index (χ2v) is 12.8. The molecule has 2 aliphatic carbocycles. The molecule has 226 valence electrons. The van der Waals surface area contributed by atoms with Crippen LogP contribution in [0.5, 0.6) is 5.75 Å². The molecule has 2 saturated carbocycles. The highest BCUT2D eigenvalue weighted by Crippen LogP contribution is 2.44. The Morgan fingerprint density at radius 3 is 2.50 bits per heavy atom. The van der Waals surface area contributed by atoms with Crippen LogP contribution in [-0.4, -0.2) is 53.7 Å². The maximum atomic E-state index is 13.7. The Balaban J connectivity index is 1.31. The average Bonchev–Trinajstić information content (AvgIpc) is 3.70. The summed E-state index contributed by atoms with van der Waals surface area (Å²) in [4.78, 5) is 41.0. The summed E-state index contributed by atoms with van der Waals surface area (Å²) in [6.07, 6.45) is 5.58. The first-order chi connectivity index (χ1) is 20.2. The highest BCUT2D eigenvalue weighted by Gasteiger charge is 2.40. The van der Waals surface area contributed by atoms with Crippen LogP contribution in [0.15, 0.2) is 48.5 Å². The van der Waals surface area contributed by atoms with Gasteiger partial charge in [0.15, 0.2) is 0 Å². The Morgan fingerprint density at radius 1 is 1.07 bits per heavy atom. The van der Waals surface area contributed by atoms with Crippen LogP contribution >= 0.6 is 0 Å². The molecule has 3 amide bonds. The van der Waals surface area contributed by atoms with Crippen molar-refractivity contribution < 1.29 is 24.2 Å². The van der Waals surface area contributed by atoms with E-state index in [1.54, 1.807) is 23.1 Å². The van der Waals surface area contributed by atoms with Crippen molar-refractivity contribution in [1.82, 2.24) is 10.6 Å². The van der Waals surface area contributed by atoms with Crippen molar-refractivity contribution in [2.75, 3.05) is 11.4 Å². The molecule has 1 saturated heterocycles. The van der Waals surface area contributed by atoms with Crippen LogP contribution in [0.4, 0.5) is 5.69 Å². The van der Waals surface area contributed by atoms with Gasteiger partial charge in [-0.25, -0.2) is 0 Å². The van der Waals surface area contributed by atoms with E-state index < -0.39 is 18.1 Å². The van der Waals surface area contributed by atoms with Crippen molar-refractivity contribution in [2.24, 2.45) is 17.8 Å². The number of carbonyl (C=O) groups excluding carboxylic acids is 3. The fraction of sp³-hybridized carbons (Fsp3) is 0.559. The maximum Gasteiger partial charge on any atom is 0.251 e. The summed E-state index contributed by atoms with van der Waals surface area (Å²) in [7, 11) is 0. The van der Waals surface area contributed by atoms with Gasteiger partial charge in [0.1, 0.15) is 5.75 Å². The summed E-state index contributed by atoms with van der Waals surface area (Å²) in [5, 5.41) is 17.7. The highest BCUT2D eigenvalue weighted by molar-refractivity contribution is 5.99. The largest absolute Gasteiger partial charge is 0.491 e. The van der Waals surface area contributed by atoms with Crippen molar-refractivity contribution in [3.63, 3.8) is 0 Å². The molecule has 6 atom stereocenters. The van der Waals surface area contributed by atoms with Gasteiger partial charge in [-0.2, -0.15) is 0 Å². The molecular weight excluding hydrogens is 530 g/mol. The summed E-state index contributed by atoms with van der Waals surface area (Å²) < 4.78 is 5.93. The number of hydrogen-bond donors (Lipinski definition) is 3. The summed E-state index contributed by atoms with van der Waals surface area (Å²) in [5.74, 6) is 1.06. The Kier molecular flexibility index (Phi) is 9.51. The van der Waals surface area contributed by atoms with Gasteiger partial charge in [0.2, 0.25) is 11.8 Å². The third-order valence-corrected chi connectivity index (χ3v) is 9.10. The Hall–Kier alpha value is -3.39. The van der Waals surface area contributed by atoms with E-state index in [0.29, 0.717) is 42.3 Å². The van der Waals surface area contributed by atoms with Crippen LogP contribution in [0.2, 0.25) is 0 Å². The highest BCUT2D eigenvalue weighted by atomic mass is 16.5. The number of anilines is 1. The summed E-state index contributed by atoms with van der Waals surface area (Å²) in [5.41, 5.74) is 1.96. The van der Waals surface area contributed by atoms with Gasteiger partial charge < -0.3 is 25.4 Å². The molecule has 1 aliphatic heterocycles. The van der Waals surface area contributed by atoms with Gasteiger partial charge in [-0.3, -0.25) is 14.4 Å². The van der Waals surface area contributed by atoms with Gasteiger partial charge in [0, 0.05) is 42.2 Å². The lowest BCUT2D eigenvalue weighted by Gasteiger charge is -2.28. The minimum atomic E-state index is -0.940. The maximum absolute atomic E-state index is 13.7. The van der Waals surface area contributed by atoms with Crippen LogP contribution in [0, 0.1) is 17.8 Å². The number of nitrogens with zero attached hydrogens (tertiary/aromatic N) is 1. The number of aliphatic hydroxyl groups excluding tert-OH is 1. The van der Waals surface area contributed by atoms with E-state index in [0.717, 1.165) is 24.3 Å². The topological polar surface area (TPSA) is 108 Å². The third kappa shape index (κ3) is 7.33. The molecule has 0 radical (unpaired) electrons. The number of benzene rings is 2. The van der Waals surface area contributed by atoms with Gasteiger partial charge in [-0.15, -0.1) is 0 Å². The predicted octanol–water partition coefficient (Wildman–Crippen LogP) is 4.63. The molecule has 1 heterocycles. The molecule has 0 aromatic heterocycles. The zero-order chi connectivity index (χ0) is 29.8. The van der Waals surface area contributed by atoms with Crippen molar-refractivity contribution in [3.05, 3.63) is 59.7 Å². The molecule has 2 aromatic carbocycles. The predicted molar refractivity (Wildman–Crippen MR) is 162 cm³/mol. The lowest BCUT2D eigenvalue weighted by atomic mass is 9.91. The smallest absolute Gasteiger partial charge is 0.251 e. The zero-order valence-electron chi connectivity index (χ0n) is 25.1. The molecule has 8 nitrogen and oxygen atoms in total. The van der Waals surface area contributed by atoms with Gasteiger partial charge in [0.05, 0.1) is 18.2 Å². The van der Waals surface area contributed by atoms with Crippen molar-refractivity contribution in [2.45, 2.75) is 96.4 Å². The molecule has 5 rings (SSSR count). The molecule has 3 aliphatic rings. The second kappa shape index (κ2) is 13.3. The van der Waals surface area contributed by atoms with Crippen molar-refractivity contribution in [3.8, 4) is 5.75 Å². The first-order valence-electron chi connectivity index (χ1n) is 15.6. The molecule has 2 bridgehead atoms. The van der Waals surface area contributed by atoms with Crippen LogP contribution in [-0.2, 0) is 16.0 Å². The Labute approximate surface area is 249 Å². The van der Waals surface area contributed by atoms with E-state index in [1.165, 1.54) is 19.3 Å². The number of fused-ring (bicyclic) bond motifs is 2. The number of hydrogen-bond acceptors (Lipinski definition) is 5. The molecule has 6 unspecified atom stereocenters. The van der Waals surface area contributed by atoms with Gasteiger partial charge in [0.25, 0.3) is 5.91 Å². The third-order valence-electron chi connectivity index (χ3n) is 9.10. The van der Waals surface area contributed by atoms with Gasteiger partial charge in [-0.05, 0) is 81.9 Å². The van der Waals surface area contributed by atoms with E-state index in [1.807, 2.05) is 51.1 Å². The summed E-state index contributed by atoms with van der Waals surface area (Å²) in [6.45, 7) is 6.27. The van der Waals surface area contributed by atoms with Gasteiger partial charge >= 0.3 is 0 Å². The lowest BCUT2D eigenvalue weighted by molar-refractivity contribution is -0.126. The first kappa shape index (κ1) is 30.1. The number of ether oxygens (including phenoxy) is 1. The van der Waals surface area contributed by atoms with Crippen molar-refractivity contribution >= 4 is 23.4 Å². The SMILES string of the molecule is CC(C)Oc1cc(C(=O)NC(Cc2ccccc2)C(O)CC(C)C(=O)NC2CC3CCC2C3)cc(N2CCCC2=O)c1. The number of nitrogens with one attached hydrogen (secondary N) is 2. The Morgan fingerprint density at radius 2 is 1.86 bits per heavy atom. The average molecular weight is 576 g/mol. The zero-order valence-corrected chi connectivity index (χ0v) is 25.1.